The third-order valence-electron chi connectivity index (χ3n) is 2.91. The maximum absolute atomic E-state index is 6.02. The number of pyridine rings is 1. The van der Waals surface area contributed by atoms with Crippen molar-refractivity contribution in [2.75, 3.05) is 6.61 Å². The Bertz CT molecular complexity index is 512. The summed E-state index contributed by atoms with van der Waals surface area (Å²) in [5, 5.41) is 0. The Morgan fingerprint density at radius 1 is 1.05 bits per heavy atom. The molecule has 20 heavy (non-hydrogen) atoms. The van der Waals surface area contributed by atoms with Crippen LogP contribution in [0, 0.1) is 0 Å². The number of ether oxygens (including phenoxy) is 2. The van der Waals surface area contributed by atoms with Crippen LogP contribution in [0.2, 0.25) is 0 Å². The fourth-order valence-electron chi connectivity index (χ4n) is 1.96. The monoisotopic (exact) mass is 272 g/mol. The second-order valence-corrected chi connectivity index (χ2v) is 4.58. The Balaban J connectivity index is 2.12. The van der Waals surface area contributed by atoms with Crippen molar-refractivity contribution in [3.05, 3.63) is 54.4 Å². The highest BCUT2D eigenvalue weighted by molar-refractivity contribution is 5.32. The zero-order valence-corrected chi connectivity index (χ0v) is 11.8. The predicted octanol–water partition coefficient (Wildman–Crippen LogP) is 2.95. The van der Waals surface area contributed by atoms with E-state index in [4.69, 9.17) is 15.2 Å². The van der Waals surface area contributed by atoms with Crippen molar-refractivity contribution in [2.24, 2.45) is 5.73 Å². The molecule has 2 N–H and O–H groups in total. The molecule has 2 aromatic rings. The van der Waals surface area contributed by atoms with E-state index in [0.29, 0.717) is 6.61 Å². The van der Waals surface area contributed by atoms with E-state index in [-0.39, 0.29) is 12.1 Å². The fraction of sp³-hybridized carbons (Fsp3) is 0.312. The first-order chi connectivity index (χ1) is 9.70. The molecule has 0 saturated heterocycles. The van der Waals surface area contributed by atoms with Gasteiger partial charge >= 0.3 is 0 Å². The average molecular weight is 272 g/mol. The van der Waals surface area contributed by atoms with Crippen molar-refractivity contribution < 1.29 is 9.47 Å². The Labute approximate surface area is 119 Å². The molecule has 4 nitrogen and oxygen atoms in total. The van der Waals surface area contributed by atoms with E-state index < -0.39 is 0 Å². The molecule has 2 rings (SSSR count). The van der Waals surface area contributed by atoms with Crippen LogP contribution in [0.5, 0.6) is 11.5 Å². The maximum Gasteiger partial charge on any atom is 0.139 e. The van der Waals surface area contributed by atoms with Gasteiger partial charge in [0.25, 0.3) is 0 Å². The number of benzene rings is 1. The number of aromatic nitrogens is 1. The Kier molecular flexibility index (Phi) is 4.96. The normalized spacial score (nSPS) is 13.6. The van der Waals surface area contributed by atoms with Crippen LogP contribution in [0.15, 0.2) is 48.8 Å². The molecular formula is C16H20N2O2. The van der Waals surface area contributed by atoms with Gasteiger partial charge in [0.1, 0.15) is 17.6 Å². The smallest absolute Gasteiger partial charge is 0.139 e. The number of rotatable bonds is 6. The largest absolute Gasteiger partial charge is 0.494 e. The van der Waals surface area contributed by atoms with Gasteiger partial charge in [-0.25, -0.2) is 0 Å². The second-order valence-electron chi connectivity index (χ2n) is 4.58. The van der Waals surface area contributed by atoms with E-state index in [1.54, 1.807) is 12.4 Å². The maximum atomic E-state index is 6.02. The van der Waals surface area contributed by atoms with Crippen molar-refractivity contribution in [3.63, 3.8) is 0 Å². The van der Waals surface area contributed by atoms with E-state index >= 15 is 0 Å². The van der Waals surface area contributed by atoms with Crippen LogP contribution in [0.1, 0.15) is 25.5 Å². The van der Waals surface area contributed by atoms with Gasteiger partial charge in [-0.1, -0.05) is 0 Å². The minimum Gasteiger partial charge on any atom is -0.494 e. The third-order valence-corrected chi connectivity index (χ3v) is 2.91. The lowest BCUT2D eigenvalue weighted by molar-refractivity contribution is 0.180. The standard InChI is InChI=1S/C16H20N2O2/c1-3-19-14-4-6-15(7-5-14)20-16(12(2)17)13-8-10-18-11-9-13/h4-12,16H,3,17H2,1-2H3. The first kappa shape index (κ1) is 14.3. The summed E-state index contributed by atoms with van der Waals surface area (Å²) in [5.41, 5.74) is 7.04. The molecule has 106 valence electrons. The molecule has 0 fully saturated rings. The third kappa shape index (κ3) is 3.71. The van der Waals surface area contributed by atoms with Crippen LogP contribution in [-0.2, 0) is 0 Å². The van der Waals surface area contributed by atoms with Gasteiger partial charge < -0.3 is 15.2 Å². The summed E-state index contributed by atoms with van der Waals surface area (Å²) in [5.74, 6) is 1.61. The molecule has 0 saturated carbocycles. The lowest BCUT2D eigenvalue weighted by Gasteiger charge is -2.23. The van der Waals surface area contributed by atoms with E-state index in [1.807, 2.05) is 50.2 Å². The number of hydrogen-bond acceptors (Lipinski definition) is 4. The van der Waals surface area contributed by atoms with Gasteiger partial charge in [-0.2, -0.15) is 0 Å². The van der Waals surface area contributed by atoms with Crippen LogP contribution in [0.3, 0.4) is 0 Å². The van der Waals surface area contributed by atoms with Crippen LogP contribution >= 0.6 is 0 Å². The molecule has 2 unspecified atom stereocenters. The molecule has 0 aliphatic carbocycles. The molecule has 4 heteroatoms. The van der Waals surface area contributed by atoms with Gasteiger partial charge in [0.15, 0.2) is 0 Å². The van der Waals surface area contributed by atoms with Gasteiger partial charge in [-0.3, -0.25) is 4.98 Å². The Morgan fingerprint density at radius 2 is 1.65 bits per heavy atom. The summed E-state index contributed by atoms with van der Waals surface area (Å²) in [6.07, 6.45) is 3.29. The highest BCUT2D eigenvalue weighted by Crippen LogP contribution is 2.25. The number of nitrogens with two attached hydrogens (primary N) is 1. The molecular weight excluding hydrogens is 252 g/mol. The summed E-state index contributed by atoms with van der Waals surface area (Å²) < 4.78 is 11.4. The summed E-state index contributed by atoms with van der Waals surface area (Å²) in [7, 11) is 0. The first-order valence-electron chi connectivity index (χ1n) is 6.75. The van der Waals surface area contributed by atoms with Crippen molar-refractivity contribution in [1.29, 1.82) is 0 Å². The van der Waals surface area contributed by atoms with Crippen molar-refractivity contribution in [2.45, 2.75) is 26.0 Å². The summed E-state index contributed by atoms with van der Waals surface area (Å²) in [6.45, 7) is 4.54. The molecule has 0 spiro atoms. The van der Waals surface area contributed by atoms with Crippen LogP contribution < -0.4 is 15.2 Å². The van der Waals surface area contributed by atoms with Gasteiger partial charge in [0.05, 0.1) is 6.61 Å². The molecule has 0 aliphatic heterocycles. The Morgan fingerprint density at radius 3 is 2.20 bits per heavy atom. The molecule has 0 aliphatic rings. The van der Waals surface area contributed by atoms with Crippen LogP contribution in [0.4, 0.5) is 0 Å². The van der Waals surface area contributed by atoms with Crippen LogP contribution in [0.25, 0.3) is 0 Å². The highest BCUT2D eigenvalue weighted by Gasteiger charge is 2.18. The zero-order chi connectivity index (χ0) is 14.4. The molecule has 2 atom stereocenters. The lowest BCUT2D eigenvalue weighted by atomic mass is 10.1. The van der Waals surface area contributed by atoms with Gasteiger partial charge in [0.2, 0.25) is 0 Å². The minimum absolute atomic E-state index is 0.121. The molecule has 1 heterocycles. The molecule has 1 aromatic carbocycles. The summed E-state index contributed by atoms with van der Waals surface area (Å²) in [6, 6.07) is 11.3. The molecule has 0 radical (unpaired) electrons. The molecule has 0 amide bonds. The minimum atomic E-state index is -0.198. The quantitative estimate of drug-likeness (QED) is 0.878. The van der Waals surface area contributed by atoms with E-state index in [2.05, 4.69) is 4.98 Å². The van der Waals surface area contributed by atoms with E-state index in [0.717, 1.165) is 17.1 Å². The van der Waals surface area contributed by atoms with Crippen molar-refractivity contribution >= 4 is 0 Å². The van der Waals surface area contributed by atoms with E-state index in [1.165, 1.54) is 0 Å². The number of nitrogens with zero attached hydrogens (tertiary/aromatic N) is 1. The summed E-state index contributed by atoms with van der Waals surface area (Å²) >= 11 is 0. The van der Waals surface area contributed by atoms with Crippen LogP contribution in [-0.4, -0.2) is 17.6 Å². The molecule has 1 aromatic heterocycles. The van der Waals surface area contributed by atoms with Gasteiger partial charge in [-0.15, -0.1) is 0 Å². The first-order valence-corrected chi connectivity index (χ1v) is 6.75. The second kappa shape index (κ2) is 6.91. The average Bonchev–Trinajstić information content (AvgIpc) is 2.47. The van der Waals surface area contributed by atoms with Gasteiger partial charge in [-0.05, 0) is 55.8 Å². The lowest BCUT2D eigenvalue weighted by Crippen LogP contribution is -2.29. The predicted molar refractivity (Wildman–Crippen MR) is 78.9 cm³/mol. The zero-order valence-electron chi connectivity index (χ0n) is 11.8. The topological polar surface area (TPSA) is 57.4 Å². The van der Waals surface area contributed by atoms with Crippen molar-refractivity contribution in [1.82, 2.24) is 4.98 Å². The summed E-state index contributed by atoms with van der Waals surface area (Å²) in [4.78, 5) is 4.01. The van der Waals surface area contributed by atoms with Gasteiger partial charge in [0, 0.05) is 18.4 Å². The highest BCUT2D eigenvalue weighted by atomic mass is 16.5. The Hall–Kier alpha value is -2.07. The van der Waals surface area contributed by atoms with E-state index in [9.17, 15) is 0 Å². The SMILES string of the molecule is CCOc1ccc(OC(c2ccncc2)C(C)N)cc1. The number of hydrogen-bond donors (Lipinski definition) is 1. The molecule has 0 bridgehead atoms. The fourth-order valence-corrected chi connectivity index (χ4v) is 1.96. The van der Waals surface area contributed by atoms with Crippen molar-refractivity contribution in [3.8, 4) is 11.5 Å².